The number of phenols is 1. The van der Waals surface area contributed by atoms with Gasteiger partial charge in [-0.05, 0) is 42.2 Å². The summed E-state index contributed by atoms with van der Waals surface area (Å²) in [5.41, 5.74) is -5.17. The molecule has 1 aromatic heterocycles. The molecule has 0 saturated carbocycles. The highest BCUT2D eigenvalue weighted by Crippen LogP contribution is 2.44. The summed E-state index contributed by atoms with van der Waals surface area (Å²) in [6.45, 7) is 1.81. The molecule has 0 saturated heterocycles. The lowest BCUT2D eigenvalue weighted by molar-refractivity contribution is -0.271. The highest BCUT2D eigenvalue weighted by Gasteiger charge is 2.56. The van der Waals surface area contributed by atoms with E-state index in [4.69, 9.17) is 0 Å². The summed E-state index contributed by atoms with van der Waals surface area (Å²) in [6.07, 6.45) is -4.98. The molecule has 3 aromatic rings. The van der Waals surface area contributed by atoms with Crippen LogP contribution < -0.4 is 5.56 Å². The van der Waals surface area contributed by atoms with Gasteiger partial charge in [0.1, 0.15) is 11.6 Å². The fraction of sp³-hybridized carbons (Fsp3) is 0.333. The molecule has 0 fully saturated rings. The molecule has 2 aromatic carbocycles. The average molecular weight is 424 g/mol. The van der Waals surface area contributed by atoms with Crippen LogP contribution in [0.5, 0.6) is 5.75 Å². The third kappa shape index (κ3) is 4.02. The van der Waals surface area contributed by atoms with Gasteiger partial charge >= 0.3 is 6.18 Å². The molecule has 30 heavy (non-hydrogen) atoms. The quantitative estimate of drug-likeness (QED) is 0.609. The molecule has 9 heteroatoms. The lowest BCUT2D eigenvalue weighted by Crippen LogP contribution is -2.52. The summed E-state index contributed by atoms with van der Waals surface area (Å²) in [6, 6.07) is 8.99. The first kappa shape index (κ1) is 21.8. The van der Waals surface area contributed by atoms with Crippen LogP contribution in [0.3, 0.4) is 0 Å². The minimum atomic E-state index is -5.06. The third-order valence-electron chi connectivity index (χ3n) is 5.14. The average Bonchev–Trinajstić information content (AvgIpc) is 2.65. The van der Waals surface area contributed by atoms with E-state index in [9.17, 15) is 32.6 Å². The Labute approximate surface area is 169 Å². The maximum Gasteiger partial charge on any atom is 0.418 e. The van der Waals surface area contributed by atoms with Gasteiger partial charge in [-0.15, -0.1) is 0 Å². The highest BCUT2D eigenvalue weighted by atomic mass is 19.4. The minimum Gasteiger partial charge on any atom is -0.508 e. The number of benzene rings is 2. The van der Waals surface area contributed by atoms with Crippen LogP contribution in [-0.4, -0.2) is 31.5 Å². The number of aliphatic hydroxyl groups is 1. The van der Waals surface area contributed by atoms with Gasteiger partial charge in [0, 0.05) is 5.56 Å². The van der Waals surface area contributed by atoms with Crippen molar-refractivity contribution in [1.29, 1.82) is 0 Å². The van der Waals surface area contributed by atoms with Crippen LogP contribution in [0.2, 0.25) is 0 Å². The minimum absolute atomic E-state index is 0.0620. The van der Waals surface area contributed by atoms with Gasteiger partial charge in [-0.25, -0.2) is 4.39 Å². The van der Waals surface area contributed by atoms with Gasteiger partial charge in [-0.2, -0.15) is 18.2 Å². The van der Waals surface area contributed by atoms with Crippen molar-refractivity contribution in [3.63, 3.8) is 0 Å². The molecule has 0 amide bonds. The first-order valence-corrected chi connectivity index (χ1v) is 9.06. The molecule has 160 valence electrons. The van der Waals surface area contributed by atoms with E-state index in [0.717, 1.165) is 29.1 Å². The second-order valence-electron chi connectivity index (χ2n) is 7.95. The zero-order valence-electron chi connectivity index (χ0n) is 16.2. The SMILES string of the molecule is CC(C)(CC(O)(Cn1cnc(=O)c2ccccc21)C(F)(F)F)c1cc(F)ccc1O. The monoisotopic (exact) mass is 424 g/mol. The largest absolute Gasteiger partial charge is 0.508 e. The number of hydrogen-bond acceptors (Lipinski definition) is 4. The van der Waals surface area contributed by atoms with E-state index in [2.05, 4.69) is 4.98 Å². The van der Waals surface area contributed by atoms with Gasteiger partial charge in [0.05, 0.1) is 23.8 Å². The van der Waals surface area contributed by atoms with E-state index in [1.54, 1.807) is 12.1 Å². The third-order valence-corrected chi connectivity index (χ3v) is 5.14. The van der Waals surface area contributed by atoms with Crippen molar-refractivity contribution in [3.05, 3.63) is 70.5 Å². The van der Waals surface area contributed by atoms with E-state index in [0.29, 0.717) is 0 Å². The molecule has 3 rings (SSSR count). The molecule has 0 spiro atoms. The zero-order valence-corrected chi connectivity index (χ0v) is 16.2. The lowest BCUT2D eigenvalue weighted by atomic mass is 9.74. The molecule has 0 radical (unpaired) electrons. The number of phenolic OH excluding ortho intramolecular Hbond substituents is 1. The maximum atomic E-state index is 14.0. The molecule has 0 aliphatic carbocycles. The summed E-state index contributed by atoms with van der Waals surface area (Å²) in [5, 5.41) is 20.9. The van der Waals surface area contributed by atoms with Crippen LogP contribution in [0.1, 0.15) is 25.8 Å². The first-order valence-electron chi connectivity index (χ1n) is 9.06. The van der Waals surface area contributed by atoms with Crippen molar-refractivity contribution in [2.45, 2.75) is 44.0 Å². The van der Waals surface area contributed by atoms with E-state index < -0.39 is 41.5 Å². The second-order valence-corrected chi connectivity index (χ2v) is 7.95. The number of alkyl halides is 3. The molecule has 5 nitrogen and oxygen atoms in total. The number of aromatic hydroxyl groups is 1. The van der Waals surface area contributed by atoms with Crippen LogP contribution >= 0.6 is 0 Å². The van der Waals surface area contributed by atoms with Crippen LogP contribution in [0, 0.1) is 5.82 Å². The van der Waals surface area contributed by atoms with Crippen LogP contribution in [0.15, 0.2) is 53.6 Å². The van der Waals surface area contributed by atoms with E-state index in [1.165, 1.54) is 26.0 Å². The smallest absolute Gasteiger partial charge is 0.418 e. The number of aromatic nitrogens is 2. The standard InChI is InChI=1S/C21H20F4N2O3/c1-19(2,15-9-13(22)7-8-17(15)28)10-20(30,21(23,24)25)11-27-12-26-18(29)14-5-3-4-6-16(14)27/h3-9,12,28,30H,10-11H2,1-2H3. The molecular weight excluding hydrogens is 404 g/mol. The Morgan fingerprint density at radius 1 is 1.10 bits per heavy atom. The Morgan fingerprint density at radius 2 is 1.77 bits per heavy atom. The lowest BCUT2D eigenvalue weighted by Gasteiger charge is -2.38. The van der Waals surface area contributed by atoms with Crippen LogP contribution in [0.4, 0.5) is 17.6 Å². The van der Waals surface area contributed by atoms with Crippen LogP contribution in [0.25, 0.3) is 10.9 Å². The molecule has 1 atom stereocenters. The molecule has 0 aliphatic rings. The molecule has 1 unspecified atom stereocenters. The Kier molecular flexibility index (Phi) is 5.36. The van der Waals surface area contributed by atoms with Crippen molar-refractivity contribution in [2.75, 3.05) is 0 Å². The van der Waals surface area contributed by atoms with Gasteiger partial charge < -0.3 is 14.8 Å². The molecule has 2 N–H and O–H groups in total. The van der Waals surface area contributed by atoms with Crippen molar-refractivity contribution in [1.82, 2.24) is 9.55 Å². The maximum absolute atomic E-state index is 14.0. The highest BCUT2D eigenvalue weighted by molar-refractivity contribution is 5.77. The van der Waals surface area contributed by atoms with Gasteiger partial charge in [-0.1, -0.05) is 26.0 Å². The predicted molar refractivity (Wildman–Crippen MR) is 103 cm³/mol. The van der Waals surface area contributed by atoms with E-state index >= 15 is 0 Å². The predicted octanol–water partition coefficient (Wildman–Crippen LogP) is 3.90. The molecule has 1 heterocycles. The van der Waals surface area contributed by atoms with Gasteiger partial charge in [-0.3, -0.25) is 4.79 Å². The molecular formula is C21H20F4N2O3. The van der Waals surface area contributed by atoms with Crippen LogP contribution in [-0.2, 0) is 12.0 Å². The van der Waals surface area contributed by atoms with Gasteiger partial charge in [0.2, 0.25) is 0 Å². The van der Waals surface area contributed by atoms with E-state index in [-0.39, 0.29) is 22.2 Å². The first-order chi connectivity index (χ1) is 13.8. The van der Waals surface area contributed by atoms with Crippen molar-refractivity contribution >= 4 is 10.9 Å². The Balaban J connectivity index is 2.07. The van der Waals surface area contributed by atoms with E-state index in [1.807, 2.05) is 0 Å². The van der Waals surface area contributed by atoms with Gasteiger partial charge in [0.15, 0.2) is 5.60 Å². The number of nitrogens with zero attached hydrogens (tertiary/aromatic N) is 2. The number of rotatable bonds is 5. The number of para-hydroxylation sites is 1. The Morgan fingerprint density at radius 3 is 2.43 bits per heavy atom. The topological polar surface area (TPSA) is 75.3 Å². The fourth-order valence-corrected chi connectivity index (χ4v) is 3.69. The van der Waals surface area contributed by atoms with Crippen molar-refractivity contribution in [2.24, 2.45) is 0 Å². The summed E-state index contributed by atoms with van der Waals surface area (Å²) < 4.78 is 56.8. The normalized spacial score (nSPS) is 14.6. The van der Waals surface area contributed by atoms with Gasteiger partial charge in [0.25, 0.3) is 5.56 Å². The number of fused-ring (bicyclic) bond motifs is 1. The summed E-state index contributed by atoms with van der Waals surface area (Å²) in [7, 11) is 0. The zero-order chi connectivity index (χ0) is 22.3. The second kappa shape index (κ2) is 7.39. The Bertz CT molecular complexity index is 1140. The Hall–Kier alpha value is -2.94. The molecule has 0 aliphatic heterocycles. The summed E-state index contributed by atoms with van der Waals surface area (Å²) in [5.74, 6) is -1.09. The summed E-state index contributed by atoms with van der Waals surface area (Å²) in [4.78, 5) is 15.5. The number of hydrogen-bond donors (Lipinski definition) is 2. The number of halogens is 4. The fourth-order valence-electron chi connectivity index (χ4n) is 3.69. The van der Waals surface area contributed by atoms with Crippen molar-refractivity contribution in [3.8, 4) is 5.75 Å². The summed E-state index contributed by atoms with van der Waals surface area (Å²) >= 11 is 0. The van der Waals surface area contributed by atoms with Crippen molar-refractivity contribution < 1.29 is 27.8 Å². The molecule has 0 bridgehead atoms.